The number of hydrogen-bond donors (Lipinski definition) is 1. The molecule has 0 aliphatic rings. The van der Waals surface area contributed by atoms with Crippen LogP contribution < -0.4 is 10.1 Å². The van der Waals surface area contributed by atoms with Crippen LogP contribution in [-0.4, -0.2) is 35.9 Å². The molecule has 2 aromatic rings. The van der Waals surface area contributed by atoms with Crippen molar-refractivity contribution in [2.24, 2.45) is 0 Å². The summed E-state index contributed by atoms with van der Waals surface area (Å²) < 4.78 is 6.66. The lowest BCUT2D eigenvalue weighted by Gasteiger charge is -2.29. The molecule has 0 radical (unpaired) electrons. The van der Waals surface area contributed by atoms with E-state index in [1.54, 1.807) is 11.8 Å². The van der Waals surface area contributed by atoms with Crippen LogP contribution in [0.15, 0.2) is 59.1 Å². The van der Waals surface area contributed by atoms with Gasteiger partial charge < -0.3 is 15.0 Å². The zero-order chi connectivity index (χ0) is 21.8. The maximum Gasteiger partial charge on any atom is 0.242 e. The van der Waals surface area contributed by atoms with Gasteiger partial charge in [-0.3, -0.25) is 9.59 Å². The summed E-state index contributed by atoms with van der Waals surface area (Å²) in [6, 6.07) is 16.8. The molecule has 0 spiro atoms. The van der Waals surface area contributed by atoms with E-state index in [2.05, 4.69) is 28.2 Å². The summed E-state index contributed by atoms with van der Waals surface area (Å²) in [5.74, 6) is 0.627. The number of nitrogens with zero attached hydrogens (tertiary/aromatic N) is 1. The monoisotopic (exact) mass is 474 g/mol. The summed E-state index contributed by atoms with van der Waals surface area (Å²) in [6.45, 7) is 5.35. The van der Waals surface area contributed by atoms with Gasteiger partial charge in [-0.25, -0.2) is 0 Å². The van der Waals surface area contributed by atoms with Gasteiger partial charge in [0.2, 0.25) is 11.8 Å². The molecule has 0 unspecified atom stereocenters. The van der Waals surface area contributed by atoms with E-state index in [4.69, 9.17) is 4.74 Å². The van der Waals surface area contributed by atoms with E-state index in [1.165, 1.54) is 0 Å². The molecule has 0 saturated heterocycles. The van der Waals surface area contributed by atoms with Gasteiger partial charge >= 0.3 is 0 Å². The van der Waals surface area contributed by atoms with E-state index >= 15 is 0 Å². The zero-order valence-corrected chi connectivity index (χ0v) is 19.4. The fourth-order valence-corrected chi connectivity index (χ4v) is 3.24. The molecule has 6 heteroatoms. The molecule has 0 bridgehead atoms. The molecule has 0 aliphatic heterocycles. The number of halogens is 1. The van der Waals surface area contributed by atoms with Gasteiger partial charge in [0.1, 0.15) is 11.8 Å². The summed E-state index contributed by atoms with van der Waals surface area (Å²) in [4.78, 5) is 27.2. The first-order chi connectivity index (χ1) is 14.5. The highest BCUT2D eigenvalue weighted by atomic mass is 79.9. The van der Waals surface area contributed by atoms with Crippen LogP contribution in [-0.2, 0) is 16.1 Å². The Labute approximate surface area is 187 Å². The maximum absolute atomic E-state index is 13.0. The minimum Gasteiger partial charge on any atom is -0.494 e. The lowest BCUT2D eigenvalue weighted by Crippen LogP contribution is -2.47. The second-order valence-electron chi connectivity index (χ2n) is 7.23. The summed E-state index contributed by atoms with van der Waals surface area (Å²) in [5, 5.41) is 2.94. The van der Waals surface area contributed by atoms with Gasteiger partial charge in [0.25, 0.3) is 0 Å². The Kier molecular flexibility index (Phi) is 10.4. The van der Waals surface area contributed by atoms with Crippen LogP contribution in [0.2, 0.25) is 0 Å². The molecule has 2 aromatic carbocycles. The second kappa shape index (κ2) is 13.1. The molecule has 2 amide bonds. The number of carbonyl (C=O) groups excluding carboxylic acids is 2. The van der Waals surface area contributed by atoms with Gasteiger partial charge in [0, 0.05) is 24.0 Å². The minimum atomic E-state index is -0.534. The Morgan fingerprint density at radius 2 is 1.77 bits per heavy atom. The molecule has 30 heavy (non-hydrogen) atoms. The van der Waals surface area contributed by atoms with E-state index in [9.17, 15) is 9.59 Å². The molecule has 1 N–H and O–H groups in total. The molecule has 2 rings (SSSR count). The standard InChI is InChI=1S/C24H31BrN2O3/c1-3-4-16-26-24(29)19(2)27(18-20-12-14-21(25)15-13-20)23(28)11-8-17-30-22-9-6-5-7-10-22/h5-7,9-10,12-15,19H,3-4,8,11,16-18H2,1-2H3,(H,26,29)/t19-/m0/s1. The Hall–Kier alpha value is -2.34. The van der Waals surface area contributed by atoms with Crippen molar-refractivity contribution in [3.63, 3.8) is 0 Å². The fraction of sp³-hybridized carbons (Fsp3) is 0.417. The van der Waals surface area contributed by atoms with E-state index < -0.39 is 6.04 Å². The van der Waals surface area contributed by atoms with Crippen molar-refractivity contribution in [3.05, 3.63) is 64.6 Å². The van der Waals surface area contributed by atoms with E-state index in [-0.39, 0.29) is 11.8 Å². The number of para-hydroxylation sites is 1. The van der Waals surface area contributed by atoms with Crippen molar-refractivity contribution < 1.29 is 14.3 Å². The average Bonchev–Trinajstić information content (AvgIpc) is 2.76. The van der Waals surface area contributed by atoms with E-state index in [0.717, 1.165) is 28.6 Å². The SMILES string of the molecule is CCCCNC(=O)[C@H](C)N(Cc1ccc(Br)cc1)C(=O)CCCOc1ccccc1. The lowest BCUT2D eigenvalue weighted by molar-refractivity contribution is -0.140. The van der Waals surface area contributed by atoms with Crippen LogP contribution >= 0.6 is 15.9 Å². The zero-order valence-electron chi connectivity index (χ0n) is 17.8. The molecular formula is C24H31BrN2O3. The number of nitrogens with one attached hydrogen (secondary N) is 1. The largest absolute Gasteiger partial charge is 0.494 e. The molecular weight excluding hydrogens is 444 g/mol. The highest BCUT2D eigenvalue weighted by molar-refractivity contribution is 9.10. The first-order valence-corrected chi connectivity index (χ1v) is 11.3. The molecule has 0 heterocycles. The van der Waals surface area contributed by atoms with Crippen molar-refractivity contribution >= 4 is 27.7 Å². The van der Waals surface area contributed by atoms with Crippen molar-refractivity contribution in [3.8, 4) is 5.75 Å². The molecule has 0 fully saturated rings. The Morgan fingerprint density at radius 3 is 2.43 bits per heavy atom. The highest BCUT2D eigenvalue weighted by Crippen LogP contribution is 2.16. The quantitative estimate of drug-likeness (QED) is 0.443. The first-order valence-electron chi connectivity index (χ1n) is 10.5. The van der Waals surface area contributed by atoms with Gasteiger partial charge in [0.15, 0.2) is 0 Å². The third kappa shape index (κ3) is 8.19. The number of amides is 2. The van der Waals surface area contributed by atoms with Crippen LogP contribution in [0.1, 0.15) is 45.1 Å². The molecule has 1 atom stereocenters. The molecule has 5 nitrogen and oxygen atoms in total. The number of unbranched alkanes of at least 4 members (excludes halogenated alkanes) is 1. The van der Waals surface area contributed by atoms with Crippen LogP contribution in [0.3, 0.4) is 0 Å². The predicted molar refractivity (Wildman–Crippen MR) is 123 cm³/mol. The first kappa shape index (κ1) is 23.9. The van der Waals surface area contributed by atoms with E-state index in [1.807, 2.05) is 54.6 Å². The summed E-state index contributed by atoms with van der Waals surface area (Å²) >= 11 is 3.43. The number of rotatable bonds is 12. The normalized spacial score (nSPS) is 11.6. The number of carbonyl (C=O) groups is 2. The average molecular weight is 475 g/mol. The Morgan fingerprint density at radius 1 is 1.07 bits per heavy atom. The third-order valence-electron chi connectivity index (χ3n) is 4.81. The fourth-order valence-electron chi connectivity index (χ4n) is 2.98. The summed E-state index contributed by atoms with van der Waals surface area (Å²) in [6.07, 6.45) is 2.86. The third-order valence-corrected chi connectivity index (χ3v) is 5.34. The topological polar surface area (TPSA) is 58.6 Å². The van der Waals surface area contributed by atoms with Crippen molar-refractivity contribution in [2.75, 3.05) is 13.2 Å². The van der Waals surface area contributed by atoms with Gasteiger partial charge in [-0.2, -0.15) is 0 Å². The molecule has 0 aromatic heterocycles. The van der Waals surface area contributed by atoms with Crippen molar-refractivity contribution in [1.82, 2.24) is 10.2 Å². The van der Waals surface area contributed by atoms with E-state index in [0.29, 0.717) is 32.5 Å². The maximum atomic E-state index is 13.0. The van der Waals surface area contributed by atoms with Crippen LogP contribution in [0.25, 0.3) is 0 Å². The van der Waals surface area contributed by atoms with Gasteiger partial charge in [-0.15, -0.1) is 0 Å². The number of ether oxygens (including phenoxy) is 1. The van der Waals surface area contributed by atoms with Gasteiger partial charge in [0.05, 0.1) is 6.61 Å². The molecule has 162 valence electrons. The lowest BCUT2D eigenvalue weighted by atomic mass is 10.1. The Balaban J connectivity index is 1.96. The van der Waals surface area contributed by atoms with Gasteiger partial charge in [-0.05, 0) is 49.6 Å². The molecule has 0 aliphatic carbocycles. The summed E-state index contributed by atoms with van der Waals surface area (Å²) in [5.41, 5.74) is 0.986. The summed E-state index contributed by atoms with van der Waals surface area (Å²) in [7, 11) is 0. The van der Waals surface area contributed by atoms with Crippen LogP contribution in [0.4, 0.5) is 0 Å². The smallest absolute Gasteiger partial charge is 0.242 e. The number of benzene rings is 2. The highest BCUT2D eigenvalue weighted by Gasteiger charge is 2.25. The Bertz CT molecular complexity index is 781. The van der Waals surface area contributed by atoms with Gasteiger partial charge in [-0.1, -0.05) is 59.6 Å². The minimum absolute atomic E-state index is 0.0484. The number of hydrogen-bond acceptors (Lipinski definition) is 3. The van der Waals surface area contributed by atoms with Crippen LogP contribution in [0, 0.1) is 0 Å². The van der Waals surface area contributed by atoms with Crippen molar-refractivity contribution in [2.45, 2.75) is 52.1 Å². The van der Waals surface area contributed by atoms with Crippen LogP contribution in [0.5, 0.6) is 5.75 Å². The van der Waals surface area contributed by atoms with Crippen molar-refractivity contribution in [1.29, 1.82) is 0 Å². The molecule has 0 saturated carbocycles. The predicted octanol–water partition coefficient (Wildman–Crippen LogP) is 4.94. The second-order valence-corrected chi connectivity index (χ2v) is 8.15.